The van der Waals surface area contributed by atoms with Crippen LogP contribution in [0.3, 0.4) is 0 Å². The van der Waals surface area contributed by atoms with Gasteiger partial charge in [-0.15, -0.1) is 0 Å². The van der Waals surface area contributed by atoms with Gasteiger partial charge in [0.1, 0.15) is 17.2 Å². The molecule has 0 spiro atoms. The molecule has 3 aromatic rings. The number of para-hydroxylation sites is 1. The molecule has 166 valence electrons. The van der Waals surface area contributed by atoms with Crippen molar-refractivity contribution in [1.29, 1.82) is 0 Å². The number of H-pyrrole nitrogens is 1. The summed E-state index contributed by atoms with van der Waals surface area (Å²) in [6.07, 6.45) is 1.64. The van der Waals surface area contributed by atoms with E-state index in [4.69, 9.17) is 21.7 Å². The zero-order valence-corrected chi connectivity index (χ0v) is 18.7. The summed E-state index contributed by atoms with van der Waals surface area (Å²) in [5.41, 5.74) is 1.78. The molecule has 0 saturated carbocycles. The third kappa shape index (κ3) is 4.24. The number of imidazole rings is 1. The Bertz CT molecular complexity index is 1160. The number of ether oxygens (including phenoxy) is 2. The van der Waals surface area contributed by atoms with Crippen LogP contribution in [-0.4, -0.2) is 71.6 Å². The Hall–Kier alpha value is -3.59. The molecule has 0 bridgehead atoms. The Kier molecular flexibility index (Phi) is 6.27. The van der Waals surface area contributed by atoms with Gasteiger partial charge in [-0.3, -0.25) is 14.2 Å². The maximum absolute atomic E-state index is 13.2. The quantitative estimate of drug-likeness (QED) is 0.602. The molecule has 1 aliphatic rings. The third-order valence-electron chi connectivity index (χ3n) is 5.46. The number of hydrogen-bond donors (Lipinski definition) is 1. The standard InChI is InChI=1S/C23H24N4O4S/c1-30-18-12-16(13-19(14-18)31-2)21(28)25-8-10-26(11-9-25)22(29)20-15-24-23(32)27(20)17-6-4-3-5-7-17/h3-7,12-15H,8-11H2,1-2H3,(H,24,32). The third-order valence-corrected chi connectivity index (χ3v) is 5.76. The van der Waals surface area contributed by atoms with Crippen LogP contribution < -0.4 is 9.47 Å². The average Bonchev–Trinajstić information content (AvgIpc) is 3.24. The number of carbonyl (C=O) groups excluding carboxylic acids is 2. The second kappa shape index (κ2) is 9.27. The van der Waals surface area contributed by atoms with E-state index in [0.29, 0.717) is 53.7 Å². The smallest absolute Gasteiger partial charge is 0.272 e. The molecule has 4 rings (SSSR count). The number of hydrogen-bond acceptors (Lipinski definition) is 5. The normalized spacial score (nSPS) is 13.7. The topological polar surface area (TPSA) is 79.8 Å². The van der Waals surface area contributed by atoms with Crippen LogP contribution in [0.1, 0.15) is 20.8 Å². The van der Waals surface area contributed by atoms with Crippen molar-refractivity contribution in [2.24, 2.45) is 0 Å². The summed E-state index contributed by atoms with van der Waals surface area (Å²) in [7, 11) is 3.09. The summed E-state index contributed by atoms with van der Waals surface area (Å²) in [5, 5.41) is 0. The van der Waals surface area contributed by atoms with Gasteiger partial charge < -0.3 is 24.3 Å². The molecule has 2 heterocycles. The fourth-order valence-electron chi connectivity index (χ4n) is 3.75. The molecule has 0 unspecified atom stereocenters. The number of aromatic nitrogens is 2. The monoisotopic (exact) mass is 452 g/mol. The zero-order chi connectivity index (χ0) is 22.7. The van der Waals surface area contributed by atoms with Gasteiger partial charge in [0.05, 0.1) is 14.2 Å². The number of nitrogens with zero attached hydrogens (tertiary/aromatic N) is 3. The Morgan fingerprint density at radius 1 is 0.875 bits per heavy atom. The van der Waals surface area contributed by atoms with Crippen LogP contribution >= 0.6 is 12.2 Å². The number of benzene rings is 2. The molecular formula is C23H24N4O4S. The van der Waals surface area contributed by atoms with Gasteiger partial charge in [-0.2, -0.15) is 0 Å². The van der Waals surface area contributed by atoms with Crippen LogP contribution in [0, 0.1) is 4.77 Å². The van der Waals surface area contributed by atoms with Gasteiger partial charge in [0.25, 0.3) is 11.8 Å². The number of rotatable bonds is 5. The van der Waals surface area contributed by atoms with E-state index in [1.165, 1.54) is 0 Å². The van der Waals surface area contributed by atoms with Crippen LogP contribution in [0.2, 0.25) is 0 Å². The maximum Gasteiger partial charge on any atom is 0.272 e. The molecule has 0 atom stereocenters. The Balaban J connectivity index is 1.48. The van der Waals surface area contributed by atoms with E-state index < -0.39 is 0 Å². The van der Waals surface area contributed by atoms with Gasteiger partial charge in [-0.1, -0.05) is 18.2 Å². The minimum absolute atomic E-state index is 0.122. The van der Waals surface area contributed by atoms with Crippen molar-refractivity contribution >= 4 is 24.0 Å². The van der Waals surface area contributed by atoms with E-state index in [2.05, 4.69) is 4.98 Å². The second-order valence-electron chi connectivity index (χ2n) is 7.34. The minimum atomic E-state index is -0.128. The lowest BCUT2D eigenvalue weighted by Crippen LogP contribution is -2.50. The first kappa shape index (κ1) is 21.6. The summed E-state index contributed by atoms with van der Waals surface area (Å²) in [6.45, 7) is 1.72. The largest absolute Gasteiger partial charge is 0.497 e. The second-order valence-corrected chi connectivity index (χ2v) is 7.72. The van der Waals surface area contributed by atoms with Gasteiger partial charge >= 0.3 is 0 Å². The highest BCUT2D eigenvalue weighted by Crippen LogP contribution is 2.24. The van der Waals surface area contributed by atoms with Gasteiger partial charge in [0.2, 0.25) is 0 Å². The number of aromatic amines is 1. The van der Waals surface area contributed by atoms with Crippen molar-refractivity contribution in [3.05, 3.63) is 70.8 Å². The predicted octanol–water partition coefficient (Wildman–Crippen LogP) is 3.15. The number of amides is 2. The first-order valence-electron chi connectivity index (χ1n) is 10.2. The van der Waals surface area contributed by atoms with Crippen molar-refractivity contribution < 1.29 is 19.1 Å². The molecular weight excluding hydrogens is 428 g/mol. The summed E-state index contributed by atoms with van der Waals surface area (Å²) in [4.78, 5) is 32.7. The summed E-state index contributed by atoms with van der Waals surface area (Å²) in [5.74, 6) is 0.859. The van der Waals surface area contributed by atoms with E-state index in [-0.39, 0.29) is 11.8 Å². The fourth-order valence-corrected chi connectivity index (χ4v) is 4.01. The first-order valence-corrected chi connectivity index (χ1v) is 10.6. The molecule has 0 aliphatic carbocycles. The van der Waals surface area contributed by atoms with Crippen molar-refractivity contribution in [1.82, 2.24) is 19.4 Å². The molecule has 2 amide bonds. The molecule has 2 aromatic carbocycles. The van der Waals surface area contributed by atoms with E-state index >= 15 is 0 Å². The molecule has 1 N–H and O–H groups in total. The van der Waals surface area contributed by atoms with Crippen LogP contribution in [0.5, 0.6) is 11.5 Å². The van der Waals surface area contributed by atoms with Crippen molar-refractivity contribution in [2.45, 2.75) is 0 Å². The maximum atomic E-state index is 13.2. The van der Waals surface area contributed by atoms with Crippen LogP contribution in [0.4, 0.5) is 0 Å². The lowest BCUT2D eigenvalue weighted by atomic mass is 10.1. The number of methoxy groups -OCH3 is 2. The van der Waals surface area contributed by atoms with Gasteiger partial charge in [0.15, 0.2) is 4.77 Å². The lowest BCUT2D eigenvalue weighted by molar-refractivity contribution is 0.0530. The Morgan fingerprint density at radius 3 is 2.00 bits per heavy atom. The van der Waals surface area contributed by atoms with E-state index in [0.717, 1.165) is 5.69 Å². The molecule has 1 fully saturated rings. The van der Waals surface area contributed by atoms with Crippen LogP contribution in [-0.2, 0) is 0 Å². The summed E-state index contributed by atoms with van der Waals surface area (Å²) < 4.78 is 12.7. The summed E-state index contributed by atoms with van der Waals surface area (Å²) >= 11 is 5.39. The van der Waals surface area contributed by atoms with Crippen molar-refractivity contribution in [2.75, 3.05) is 40.4 Å². The zero-order valence-electron chi connectivity index (χ0n) is 17.9. The first-order chi connectivity index (χ1) is 15.5. The number of piperazine rings is 1. The highest BCUT2D eigenvalue weighted by molar-refractivity contribution is 7.71. The Morgan fingerprint density at radius 2 is 1.44 bits per heavy atom. The molecule has 1 saturated heterocycles. The molecule has 8 nitrogen and oxygen atoms in total. The molecule has 9 heteroatoms. The van der Waals surface area contributed by atoms with E-state index in [1.54, 1.807) is 53.0 Å². The van der Waals surface area contributed by atoms with Crippen molar-refractivity contribution in [3.63, 3.8) is 0 Å². The molecule has 1 aromatic heterocycles. The molecule has 0 radical (unpaired) electrons. The number of carbonyl (C=O) groups is 2. The highest BCUT2D eigenvalue weighted by Gasteiger charge is 2.28. The summed E-state index contributed by atoms with van der Waals surface area (Å²) in [6, 6.07) is 14.6. The minimum Gasteiger partial charge on any atom is -0.497 e. The highest BCUT2D eigenvalue weighted by atomic mass is 32.1. The van der Waals surface area contributed by atoms with Crippen molar-refractivity contribution in [3.8, 4) is 17.2 Å². The molecule has 32 heavy (non-hydrogen) atoms. The fraction of sp³-hybridized carbons (Fsp3) is 0.261. The van der Waals surface area contributed by atoms with Crippen LogP contribution in [0.15, 0.2) is 54.7 Å². The lowest BCUT2D eigenvalue weighted by Gasteiger charge is -2.35. The average molecular weight is 453 g/mol. The van der Waals surface area contributed by atoms with Gasteiger partial charge in [-0.25, -0.2) is 0 Å². The Labute approximate surface area is 191 Å². The van der Waals surface area contributed by atoms with E-state index in [9.17, 15) is 9.59 Å². The number of nitrogens with one attached hydrogen (secondary N) is 1. The van der Waals surface area contributed by atoms with Crippen LogP contribution in [0.25, 0.3) is 5.69 Å². The van der Waals surface area contributed by atoms with Gasteiger partial charge in [-0.05, 0) is 36.5 Å². The molecule has 1 aliphatic heterocycles. The van der Waals surface area contributed by atoms with E-state index in [1.807, 2.05) is 30.3 Å². The van der Waals surface area contributed by atoms with Gasteiger partial charge in [0, 0.05) is 49.7 Å². The SMILES string of the molecule is COc1cc(OC)cc(C(=O)N2CCN(C(=O)c3c[nH]c(=S)n3-c3ccccc3)CC2)c1. The predicted molar refractivity (Wildman–Crippen MR) is 122 cm³/mol.